The minimum Gasteiger partial charge on any atom is -0.334 e. The van der Waals surface area contributed by atoms with E-state index in [0.29, 0.717) is 32.7 Å². The average Bonchev–Trinajstić information content (AvgIpc) is 3.22. The number of hydrogen-bond donors (Lipinski definition) is 1. The molecule has 0 aliphatic heterocycles. The van der Waals surface area contributed by atoms with Crippen LogP contribution in [0.3, 0.4) is 0 Å². The zero-order valence-electron chi connectivity index (χ0n) is 16.2. The molecule has 4 rings (SSSR count). The molecular weight excluding hydrogens is 427 g/mol. The number of aromatic nitrogens is 2. The Kier molecular flexibility index (Phi) is 5.36. The number of carbonyl (C=O) groups excluding carboxylic acids is 1. The monoisotopic (exact) mass is 443 g/mol. The van der Waals surface area contributed by atoms with E-state index in [0.717, 1.165) is 12.1 Å². The highest BCUT2D eigenvalue weighted by molar-refractivity contribution is 7.17. The number of alkyl halides is 3. The molecule has 0 atom stereocenters. The van der Waals surface area contributed by atoms with Crippen LogP contribution < -0.4 is 5.56 Å². The summed E-state index contributed by atoms with van der Waals surface area (Å²) in [5.74, 6) is 0.00215. The number of nitrogens with one attached hydrogen (secondary N) is 1. The third-order valence-electron chi connectivity index (χ3n) is 4.78. The first-order chi connectivity index (χ1) is 14.7. The molecule has 1 N–H and O–H groups in total. The highest BCUT2D eigenvalue weighted by Gasteiger charge is 2.30. The number of amides is 1. The van der Waals surface area contributed by atoms with Crippen molar-refractivity contribution in [2.24, 2.45) is 0 Å². The molecular formula is C22H16F3N3O2S. The summed E-state index contributed by atoms with van der Waals surface area (Å²) in [4.78, 5) is 33.7. The van der Waals surface area contributed by atoms with Gasteiger partial charge in [0.2, 0.25) is 0 Å². The van der Waals surface area contributed by atoms with E-state index in [1.807, 2.05) is 0 Å². The van der Waals surface area contributed by atoms with E-state index >= 15 is 0 Å². The van der Waals surface area contributed by atoms with Crippen molar-refractivity contribution in [2.75, 3.05) is 7.05 Å². The van der Waals surface area contributed by atoms with Crippen molar-refractivity contribution in [1.82, 2.24) is 14.9 Å². The second-order valence-corrected chi connectivity index (χ2v) is 7.85. The molecule has 4 aromatic rings. The first kappa shape index (κ1) is 20.8. The molecule has 0 bridgehead atoms. The Bertz CT molecular complexity index is 1310. The number of carbonyl (C=O) groups is 1. The quantitative estimate of drug-likeness (QED) is 0.486. The number of benzene rings is 2. The molecule has 2 heterocycles. The SMILES string of the molecule is CN(Cc1nc2ccsc2c(=O)[nH]1)C(=O)c1ccccc1-c1ccc(C(F)(F)F)cc1. The van der Waals surface area contributed by atoms with Crippen LogP contribution >= 0.6 is 11.3 Å². The number of rotatable bonds is 4. The van der Waals surface area contributed by atoms with E-state index < -0.39 is 11.7 Å². The van der Waals surface area contributed by atoms with E-state index in [4.69, 9.17) is 0 Å². The van der Waals surface area contributed by atoms with Gasteiger partial charge in [0.1, 0.15) is 10.5 Å². The summed E-state index contributed by atoms with van der Waals surface area (Å²) in [6.07, 6.45) is -4.43. The van der Waals surface area contributed by atoms with Crippen LogP contribution in [-0.4, -0.2) is 27.8 Å². The fourth-order valence-electron chi connectivity index (χ4n) is 3.26. The van der Waals surface area contributed by atoms with Gasteiger partial charge in [-0.25, -0.2) is 4.98 Å². The molecule has 0 aliphatic rings. The topological polar surface area (TPSA) is 66.1 Å². The summed E-state index contributed by atoms with van der Waals surface area (Å²) >= 11 is 1.29. The predicted octanol–water partition coefficient (Wildman–Crippen LogP) is 4.94. The number of halogens is 3. The minimum absolute atomic E-state index is 0.0706. The smallest absolute Gasteiger partial charge is 0.334 e. The zero-order valence-corrected chi connectivity index (χ0v) is 17.1. The second-order valence-electron chi connectivity index (χ2n) is 6.93. The third-order valence-corrected chi connectivity index (χ3v) is 5.68. The molecule has 0 radical (unpaired) electrons. The van der Waals surface area contributed by atoms with Crippen LogP contribution in [-0.2, 0) is 12.7 Å². The van der Waals surface area contributed by atoms with E-state index in [2.05, 4.69) is 9.97 Å². The van der Waals surface area contributed by atoms with Crippen molar-refractivity contribution in [3.05, 3.63) is 87.3 Å². The molecule has 2 aromatic heterocycles. The maximum Gasteiger partial charge on any atom is 0.416 e. The summed E-state index contributed by atoms with van der Waals surface area (Å²) in [5.41, 5.74) is 0.898. The van der Waals surface area contributed by atoms with Gasteiger partial charge >= 0.3 is 6.18 Å². The lowest BCUT2D eigenvalue weighted by molar-refractivity contribution is -0.137. The van der Waals surface area contributed by atoms with Gasteiger partial charge in [0, 0.05) is 12.6 Å². The average molecular weight is 443 g/mol. The lowest BCUT2D eigenvalue weighted by Crippen LogP contribution is -2.28. The largest absolute Gasteiger partial charge is 0.416 e. The van der Waals surface area contributed by atoms with Gasteiger partial charge in [-0.2, -0.15) is 13.2 Å². The molecule has 0 saturated carbocycles. The normalized spacial score (nSPS) is 11.6. The Balaban J connectivity index is 1.62. The zero-order chi connectivity index (χ0) is 22.2. The minimum atomic E-state index is -4.43. The van der Waals surface area contributed by atoms with E-state index in [9.17, 15) is 22.8 Å². The summed E-state index contributed by atoms with van der Waals surface area (Å²) in [6.45, 7) is 0.0706. The summed E-state index contributed by atoms with van der Waals surface area (Å²) < 4.78 is 39.1. The highest BCUT2D eigenvalue weighted by Crippen LogP contribution is 2.32. The third kappa shape index (κ3) is 4.22. The van der Waals surface area contributed by atoms with Crippen LogP contribution in [0.2, 0.25) is 0 Å². The van der Waals surface area contributed by atoms with Crippen LogP contribution in [0.4, 0.5) is 13.2 Å². The summed E-state index contributed by atoms with van der Waals surface area (Å²) in [6, 6.07) is 13.1. The van der Waals surface area contributed by atoms with Gasteiger partial charge in [0.05, 0.1) is 17.6 Å². The maximum absolute atomic E-state index is 13.1. The fraction of sp³-hybridized carbons (Fsp3) is 0.136. The number of H-pyrrole nitrogens is 1. The Hall–Kier alpha value is -3.46. The molecule has 0 unspecified atom stereocenters. The molecule has 5 nitrogen and oxygen atoms in total. The van der Waals surface area contributed by atoms with Crippen molar-refractivity contribution >= 4 is 27.5 Å². The lowest BCUT2D eigenvalue weighted by Gasteiger charge is -2.19. The van der Waals surface area contributed by atoms with Crippen molar-refractivity contribution in [3.8, 4) is 11.1 Å². The predicted molar refractivity (Wildman–Crippen MR) is 113 cm³/mol. The molecule has 0 spiro atoms. The Labute approximate surface area is 178 Å². The molecule has 9 heteroatoms. The van der Waals surface area contributed by atoms with Gasteiger partial charge in [0.15, 0.2) is 0 Å². The molecule has 2 aromatic carbocycles. The van der Waals surface area contributed by atoms with Crippen LogP contribution in [0.25, 0.3) is 21.3 Å². The van der Waals surface area contributed by atoms with Gasteiger partial charge < -0.3 is 9.88 Å². The van der Waals surface area contributed by atoms with Crippen LogP contribution in [0, 0.1) is 0 Å². The van der Waals surface area contributed by atoms with Crippen LogP contribution in [0.5, 0.6) is 0 Å². The van der Waals surface area contributed by atoms with E-state index in [1.165, 1.54) is 28.4 Å². The van der Waals surface area contributed by atoms with Crippen LogP contribution in [0.1, 0.15) is 21.7 Å². The number of aromatic amines is 1. The Morgan fingerprint density at radius 1 is 1.10 bits per heavy atom. The van der Waals surface area contributed by atoms with Crippen molar-refractivity contribution in [1.29, 1.82) is 0 Å². The van der Waals surface area contributed by atoms with Crippen molar-refractivity contribution in [3.63, 3.8) is 0 Å². The van der Waals surface area contributed by atoms with Crippen molar-refractivity contribution in [2.45, 2.75) is 12.7 Å². The van der Waals surface area contributed by atoms with E-state index in [-0.39, 0.29) is 18.0 Å². The van der Waals surface area contributed by atoms with Gasteiger partial charge in [0.25, 0.3) is 11.5 Å². The molecule has 0 fully saturated rings. The van der Waals surface area contributed by atoms with E-state index in [1.54, 1.807) is 42.8 Å². The molecule has 0 aliphatic carbocycles. The lowest BCUT2D eigenvalue weighted by atomic mass is 9.98. The number of hydrogen-bond acceptors (Lipinski definition) is 4. The van der Waals surface area contributed by atoms with Gasteiger partial charge in [-0.05, 0) is 40.8 Å². The first-order valence-electron chi connectivity index (χ1n) is 9.22. The highest BCUT2D eigenvalue weighted by atomic mass is 32.1. The summed E-state index contributed by atoms with van der Waals surface area (Å²) in [7, 11) is 1.57. The number of nitrogens with zero attached hydrogens (tertiary/aromatic N) is 2. The summed E-state index contributed by atoms with van der Waals surface area (Å²) in [5, 5.41) is 1.77. The molecule has 31 heavy (non-hydrogen) atoms. The van der Waals surface area contributed by atoms with Gasteiger partial charge in [-0.1, -0.05) is 30.3 Å². The molecule has 1 amide bonds. The molecule has 158 valence electrons. The van der Waals surface area contributed by atoms with Crippen LogP contribution in [0.15, 0.2) is 64.8 Å². The van der Waals surface area contributed by atoms with Gasteiger partial charge in [-0.15, -0.1) is 11.3 Å². The van der Waals surface area contributed by atoms with Gasteiger partial charge in [-0.3, -0.25) is 9.59 Å². The first-order valence-corrected chi connectivity index (χ1v) is 10.1. The maximum atomic E-state index is 13.1. The Morgan fingerprint density at radius 2 is 1.81 bits per heavy atom. The Morgan fingerprint density at radius 3 is 2.52 bits per heavy atom. The second kappa shape index (κ2) is 7.99. The number of fused-ring (bicyclic) bond motifs is 1. The molecule has 0 saturated heterocycles. The van der Waals surface area contributed by atoms with Crippen molar-refractivity contribution < 1.29 is 18.0 Å². The number of thiophene rings is 1. The standard InChI is InChI=1S/C22H16F3N3O2S/c1-28(12-18-26-17-10-11-31-19(17)20(29)27-18)21(30)16-5-3-2-4-15(16)13-6-8-14(9-7-13)22(23,24)25/h2-11H,12H2,1H3,(H,26,27,29). The fourth-order valence-corrected chi connectivity index (χ4v) is 3.98.